The summed E-state index contributed by atoms with van der Waals surface area (Å²) in [5, 5.41) is 14.5. The zero-order chi connectivity index (χ0) is 15.4. The summed E-state index contributed by atoms with van der Waals surface area (Å²) in [7, 11) is 0. The van der Waals surface area contributed by atoms with Crippen molar-refractivity contribution in [3.05, 3.63) is 32.3 Å². The molecule has 1 atom stereocenters. The fraction of sp³-hybridized carbons (Fsp3) is 0.571. The van der Waals surface area contributed by atoms with Gasteiger partial charge in [0.15, 0.2) is 0 Å². The number of likely N-dealkylation sites (tertiary alicyclic amines) is 1. The summed E-state index contributed by atoms with van der Waals surface area (Å²) in [6.45, 7) is 6.27. The molecule has 1 heterocycles. The molecule has 0 aliphatic carbocycles. The second-order valence-corrected chi connectivity index (χ2v) is 6.35. The highest BCUT2D eigenvalue weighted by Gasteiger charge is 2.17. The van der Waals surface area contributed by atoms with Crippen LogP contribution in [-0.2, 0) is 0 Å². The summed E-state index contributed by atoms with van der Waals surface area (Å²) < 4.78 is 0. The van der Waals surface area contributed by atoms with Gasteiger partial charge >= 0.3 is 0 Å². The number of nitrogens with zero attached hydrogens (tertiary/aromatic N) is 2. The van der Waals surface area contributed by atoms with Crippen LogP contribution in [0.4, 0.5) is 11.4 Å². The average Bonchev–Trinajstić information content (AvgIpc) is 2.90. The van der Waals surface area contributed by atoms with E-state index in [2.05, 4.69) is 17.1 Å². The Kier molecular flexibility index (Phi) is 5.67. The molecule has 0 amide bonds. The third-order valence-corrected chi connectivity index (χ3v) is 4.23. The molecule has 0 aromatic heterocycles. The van der Waals surface area contributed by atoms with Crippen LogP contribution in [0.25, 0.3) is 0 Å². The standard InChI is InChI=1S/C14H19Cl2N3O2/c1-10(9-18-4-2-3-5-18)8-17-14-12(15)6-11(19(20)21)7-13(14)16/h6-7,10,17H,2-5,8-9H2,1H3. The molecule has 0 saturated carbocycles. The van der Waals surface area contributed by atoms with Crippen LogP contribution < -0.4 is 5.32 Å². The number of anilines is 1. The molecule has 1 aromatic rings. The number of nitrogens with one attached hydrogen (secondary N) is 1. The predicted molar refractivity (Wildman–Crippen MR) is 86.4 cm³/mol. The number of nitro benzene ring substituents is 1. The topological polar surface area (TPSA) is 58.4 Å². The monoisotopic (exact) mass is 331 g/mol. The van der Waals surface area contributed by atoms with E-state index in [1.54, 1.807) is 0 Å². The molecule has 1 aromatic carbocycles. The quantitative estimate of drug-likeness (QED) is 0.631. The summed E-state index contributed by atoms with van der Waals surface area (Å²) in [4.78, 5) is 12.7. The van der Waals surface area contributed by atoms with Gasteiger partial charge in [-0.25, -0.2) is 0 Å². The first-order valence-corrected chi connectivity index (χ1v) is 7.82. The number of benzene rings is 1. The Morgan fingerprint density at radius 1 is 1.33 bits per heavy atom. The highest BCUT2D eigenvalue weighted by atomic mass is 35.5. The second kappa shape index (κ2) is 7.29. The fourth-order valence-electron chi connectivity index (χ4n) is 2.58. The van der Waals surface area contributed by atoms with E-state index < -0.39 is 4.92 Å². The lowest BCUT2D eigenvalue weighted by Gasteiger charge is -2.21. The van der Waals surface area contributed by atoms with Gasteiger partial charge in [0.2, 0.25) is 0 Å². The summed E-state index contributed by atoms with van der Waals surface area (Å²) >= 11 is 12.1. The minimum absolute atomic E-state index is 0.0966. The number of hydrogen-bond acceptors (Lipinski definition) is 4. The average molecular weight is 332 g/mol. The normalized spacial score (nSPS) is 16.9. The third-order valence-electron chi connectivity index (χ3n) is 3.63. The van der Waals surface area contributed by atoms with Crippen molar-refractivity contribution in [2.75, 3.05) is 31.5 Å². The molecular formula is C14H19Cl2N3O2. The van der Waals surface area contributed by atoms with Gasteiger partial charge in [-0.15, -0.1) is 0 Å². The summed E-state index contributed by atoms with van der Waals surface area (Å²) in [6, 6.07) is 2.64. The molecule has 1 saturated heterocycles. The van der Waals surface area contributed by atoms with Gasteiger partial charge in [0.25, 0.3) is 5.69 Å². The third kappa shape index (κ3) is 4.46. The van der Waals surface area contributed by atoms with Crippen LogP contribution in [-0.4, -0.2) is 36.0 Å². The van der Waals surface area contributed by atoms with E-state index in [0.717, 1.165) is 13.1 Å². The molecule has 1 unspecified atom stereocenters. The van der Waals surface area contributed by atoms with Gasteiger partial charge in [-0.1, -0.05) is 30.1 Å². The zero-order valence-corrected chi connectivity index (χ0v) is 13.5. The Morgan fingerprint density at radius 3 is 2.43 bits per heavy atom. The smallest absolute Gasteiger partial charge is 0.272 e. The van der Waals surface area contributed by atoms with Crippen molar-refractivity contribution in [2.24, 2.45) is 5.92 Å². The number of halogens is 2. The first kappa shape index (κ1) is 16.3. The van der Waals surface area contributed by atoms with Crippen LogP contribution in [0.2, 0.25) is 10.0 Å². The van der Waals surface area contributed by atoms with E-state index in [9.17, 15) is 10.1 Å². The van der Waals surface area contributed by atoms with Gasteiger partial charge in [-0.05, 0) is 31.8 Å². The Bertz CT molecular complexity index is 496. The Hall–Kier alpha value is -1.04. The summed E-state index contributed by atoms with van der Waals surface area (Å²) in [5.41, 5.74) is 0.470. The lowest BCUT2D eigenvalue weighted by Crippen LogP contribution is -2.28. The molecule has 0 bridgehead atoms. The first-order valence-electron chi connectivity index (χ1n) is 7.07. The Balaban J connectivity index is 1.94. The van der Waals surface area contributed by atoms with Gasteiger partial charge in [0.1, 0.15) is 0 Å². The van der Waals surface area contributed by atoms with Gasteiger partial charge in [0.05, 0.1) is 20.7 Å². The highest BCUT2D eigenvalue weighted by molar-refractivity contribution is 6.39. The molecular weight excluding hydrogens is 313 g/mol. The van der Waals surface area contributed by atoms with Crippen LogP contribution >= 0.6 is 23.2 Å². The van der Waals surface area contributed by atoms with Crippen molar-refractivity contribution < 1.29 is 4.92 Å². The van der Waals surface area contributed by atoms with Gasteiger partial charge in [0, 0.05) is 25.2 Å². The number of non-ortho nitro benzene ring substituents is 1. The van der Waals surface area contributed by atoms with E-state index >= 15 is 0 Å². The number of nitro groups is 1. The molecule has 0 spiro atoms. The molecule has 21 heavy (non-hydrogen) atoms. The Labute approximate surface area is 134 Å². The molecule has 1 fully saturated rings. The van der Waals surface area contributed by atoms with E-state index in [-0.39, 0.29) is 15.7 Å². The largest absolute Gasteiger partial charge is 0.382 e. The molecule has 0 radical (unpaired) electrons. The lowest BCUT2D eigenvalue weighted by molar-refractivity contribution is -0.384. The fourth-order valence-corrected chi connectivity index (χ4v) is 3.19. The van der Waals surface area contributed by atoms with Crippen molar-refractivity contribution in [1.29, 1.82) is 0 Å². The van der Waals surface area contributed by atoms with E-state index in [0.29, 0.717) is 11.6 Å². The number of hydrogen-bond donors (Lipinski definition) is 1. The first-order chi connectivity index (χ1) is 9.97. The SMILES string of the molecule is CC(CNc1c(Cl)cc([N+](=O)[O-])cc1Cl)CN1CCCC1. The van der Waals surface area contributed by atoms with Crippen LogP contribution in [0.3, 0.4) is 0 Å². The van der Waals surface area contributed by atoms with E-state index in [4.69, 9.17) is 23.2 Å². The molecule has 1 aliphatic heterocycles. The van der Waals surface area contributed by atoms with Gasteiger partial charge in [-0.3, -0.25) is 10.1 Å². The maximum atomic E-state index is 10.7. The summed E-state index contributed by atoms with van der Waals surface area (Å²) in [6.07, 6.45) is 2.56. The maximum absolute atomic E-state index is 10.7. The summed E-state index contributed by atoms with van der Waals surface area (Å²) in [5.74, 6) is 0.449. The molecule has 2 rings (SSSR count). The molecule has 5 nitrogen and oxygen atoms in total. The van der Waals surface area contributed by atoms with E-state index in [1.807, 2.05) is 0 Å². The van der Waals surface area contributed by atoms with Crippen LogP contribution in [0.15, 0.2) is 12.1 Å². The molecule has 1 aliphatic rings. The van der Waals surface area contributed by atoms with Crippen molar-refractivity contribution in [3.8, 4) is 0 Å². The minimum Gasteiger partial charge on any atom is -0.382 e. The molecule has 1 N–H and O–H groups in total. The van der Waals surface area contributed by atoms with Crippen molar-refractivity contribution in [2.45, 2.75) is 19.8 Å². The molecule has 7 heteroatoms. The van der Waals surface area contributed by atoms with Crippen molar-refractivity contribution in [3.63, 3.8) is 0 Å². The number of rotatable bonds is 6. The molecule has 116 valence electrons. The zero-order valence-electron chi connectivity index (χ0n) is 11.9. The second-order valence-electron chi connectivity index (χ2n) is 5.54. The van der Waals surface area contributed by atoms with E-state index in [1.165, 1.54) is 38.1 Å². The van der Waals surface area contributed by atoms with Gasteiger partial charge < -0.3 is 10.2 Å². The lowest BCUT2D eigenvalue weighted by atomic mass is 10.1. The van der Waals surface area contributed by atoms with Crippen molar-refractivity contribution >= 4 is 34.6 Å². The predicted octanol–water partition coefficient (Wildman–Crippen LogP) is 4.05. The van der Waals surface area contributed by atoms with Crippen molar-refractivity contribution in [1.82, 2.24) is 4.90 Å². The minimum atomic E-state index is -0.502. The van der Waals surface area contributed by atoms with Gasteiger partial charge in [-0.2, -0.15) is 0 Å². The highest BCUT2D eigenvalue weighted by Crippen LogP contribution is 2.34. The van der Waals surface area contributed by atoms with Crippen LogP contribution in [0.5, 0.6) is 0 Å². The van der Waals surface area contributed by atoms with Crippen LogP contribution in [0.1, 0.15) is 19.8 Å². The van der Waals surface area contributed by atoms with Crippen LogP contribution in [0, 0.1) is 16.0 Å². The maximum Gasteiger partial charge on any atom is 0.272 e. The Morgan fingerprint density at radius 2 is 1.90 bits per heavy atom.